The molecule has 0 amide bonds. The molecule has 0 spiro atoms. The number of aryl methyl sites for hydroxylation is 1. The van der Waals surface area contributed by atoms with Crippen molar-refractivity contribution >= 4 is 0 Å². The van der Waals surface area contributed by atoms with E-state index < -0.39 is 0 Å². The molecule has 2 N–H and O–H groups in total. The second kappa shape index (κ2) is 4.64. The summed E-state index contributed by atoms with van der Waals surface area (Å²) in [6.45, 7) is 5.24. The van der Waals surface area contributed by atoms with Gasteiger partial charge in [0.25, 0.3) is 0 Å². The molecule has 1 fully saturated rings. The topological polar surface area (TPSA) is 33.3 Å². The van der Waals surface area contributed by atoms with E-state index in [1.165, 1.54) is 11.1 Å². The van der Waals surface area contributed by atoms with Crippen LogP contribution in [0.5, 0.6) is 5.75 Å². The third-order valence-electron chi connectivity index (χ3n) is 2.89. The van der Waals surface area contributed by atoms with Crippen molar-refractivity contribution in [2.24, 2.45) is 0 Å². The van der Waals surface area contributed by atoms with E-state index in [0.29, 0.717) is 6.04 Å². The number of piperazine rings is 1. The van der Waals surface area contributed by atoms with Crippen molar-refractivity contribution in [3.8, 4) is 5.75 Å². The molecule has 15 heavy (non-hydrogen) atoms. The average molecular weight is 206 g/mol. The molecule has 0 aliphatic carbocycles. The van der Waals surface area contributed by atoms with Gasteiger partial charge in [0, 0.05) is 25.7 Å². The predicted molar refractivity (Wildman–Crippen MR) is 61.3 cm³/mol. The fourth-order valence-corrected chi connectivity index (χ4v) is 2.04. The molecule has 0 radical (unpaired) electrons. The van der Waals surface area contributed by atoms with E-state index in [1.807, 2.05) is 6.07 Å². The molecule has 1 aromatic rings. The number of hydrogen-bond acceptors (Lipinski definition) is 3. The van der Waals surface area contributed by atoms with Crippen molar-refractivity contribution in [2.75, 3.05) is 26.7 Å². The summed E-state index contributed by atoms with van der Waals surface area (Å²) in [5.74, 6) is 0.931. The Kier molecular flexibility index (Phi) is 3.23. The molecule has 0 saturated carbocycles. The summed E-state index contributed by atoms with van der Waals surface area (Å²) >= 11 is 0. The number of rotatable bonds is 2. The minimum Gasteiger partial charge on any atom is -0.497 e. The quantitative estimate of drug-likeness (QED) is 0.763. The van der Waals surface area contributed by atoms with Gasteiger partial charge in [0.1, 0.15) is 5.75 Å². The van der Waals surface area contributed by atoms with E-state index >= 15 is 0 Å². The summed E-state index contributed by atoms with van der Waals surface area (Å²) in [7, 11) is 1.70. The number of benzene rings is 1. The van der Waals surface area contributed by atoms with Gasteiger partial charge in [-0.25, -0.2) is 0 Å². The largest absolute Gasteiger partial charge is 0.497 e. The SMILES string of the molecule is COc1ccc(C2CNCCN2)c(C)c1. The molecule has 0 aromatic heterocycles. The van der Waals surface area contributed by atoms with Crippen LogP contribution in [0, 0.1) is 6.92 Å². The van der Waals surface area contributed by atoms with Crippen molar-refractivity contribution < 1.29 is 4.74 Å². The lowest BCUT2D eigenvalue weighted by molar-refractivity contribution is 0.411. The van der Waals surface area contributed by atoms with Gasteiger partial charge in [-0.15, -0.1) is 0 Å². The van der Waals surface area contributed by atoms with E-state index in [-0.39, 0.29) is 0 Å². The third-order valence-corrected chi connectivity index (χ3v) is 2.89. The van der Waals surface area contributed by atoms with Crippen LogP contribution >= 0.6 is 0 Å². The van der Waals surface area contributed by atoms with Crippen LogP contribution in [-0.2, 0) is 0 Å². The first-order chi connectivity index (χ1) is 7.31. The minimum atomic E-state index is 0.435. The summed E-state index contributed by atoms with van der Waals surface area (Å²) in [5.41, 5.74) is 2.65. The highest BCUT2D eigenvalue weighted by Gasteiger charge is 2.15. The van der Waals surface area contributed by atoms with E-state index in [0.717, 1.165) is 25.4 Å². The first-order valence-corrected chi connectivity index (χ1v) is 5.40. The Bertz CT molecular complexity index is 332. The molecule has 1 aliphatic rings. The monoisotopic (exact) mass is 206 g/mol. The van der Waals surface area contributed by atoms with Gasteiger partial charge in [0.05, 0.1) is 7.11 Å². The lowest BCUT2D eigenvalue weighted by atomic mass is 10.00. The van der Waals surface area contributed by atoms with Crippen LogP contribution in [0.2, 0.25) is 0 Å². The molecular formula is C12H18N2O. The van der Waals surface area contributed by atoms with Gasteiger partial charge < -0.3 is 15.4 Å². The molecular weight excluding hydrogens is 188 g/mol. The van der Waals surface area contributed by atoms with Crippen LogP contribution in [0.3, 0.4) is 0 Å². The molecule has 1 unspecified atom stereocenters. The maximum absolute atomic E-state index is 5.20. The number of nitrogens with one attached hydrogen (secondary N) is 2. The lowest BCUT2D eigenvalue weighted by Gasteiger charge is -2.26. The van der Waals surface area contributed by atoms with E-state index in [4.69, 9.17) is 4.74 Å². The van der Waals surface area contributed by atoms with Crippen LogP contribution in [-0.4, -0.2) is 26.7 Å². The van der Waals surface area contributed by atoms with E-state index in [2.05, 4.69) is 29.7 Å². The summed E-state index contributed by atoms with van der Waals surface area (Å²) in [6.07, 6.45) is 0. The Hall–Kier alpha value is -1.06. The Morgan fingerprint density at radius 3 is 2.80 bits per heavy atom. The van der Waals surface area contributed by atoms with Crippen LogP contribution < -0.4 is 15.4 Å². The Morgan fingerprint density at radius 1 is 1.33 bits per heavy atom. The summed E-state index contributed by atoms with van der Waals surface area (Å²) < 4.78 is 5.20. The van der Waals surface area contributed by atoms with Crippen molar-refractivity contribution in [3.05, 3.63) is 29.3 Å². The van der Waals surface area contributed by atoms with Crippen molar-refractivity contribution in [3.63, 3.8) is 0 Å². The molecule has 1 saturated heterocycles. The van der Waals surface area contributed by atoms with Gasteiger partial charge >= 0.3 is 0 Å². The Labute approximate surface area is 90.8 Å². The van der Waals surface area contributed by atoms with Gasteiger partial charge in [0.15, 0.2) is 0 Å². The zero-order valence-electron chi connectivity index (χ0n) is 9.34. The molecule has 3 heteroatoms. The summed E-state index contributed by atoms with van der Waals surface area (Å²) in [5, 5.41) is 6.91. The second-order valence-electron chi connectivity index (χ2n) is 3.93. The minimum absolute atomic E-state index is 0.435. The van der Waals surface area contributed by atoms with Crippen LogP contribution in [0.4, 0.5) is 0 Å². The lowest BCUT2D eigenvalue weighted by Crippen LogP contribution is -2.42. The number of ether oxygens (including phenoxy) is 1. The number of hydrogen-bond donors (Lipinski definition) is 2. The van der Waals surface area contributed by atoms with Crippen molar-refractivity contribution in [1.29, 1.82) is 0 Å². The molecule has 1 atom stereocenters. The van der Waals surface area contributed by atoms with Crippen LogP contribution in [0.15, 0.2) is 18.2 Å². The maximum atomic E-state index is 5.20. The first kappa shape index (κ1) is 10.5. The van der Waals surface area contributed by atoms with Crippen LogP contribution in [0.25, 0.3) is 0 Å². The fourth-order valence-electron chi connectivity index (χ4n) is 2.04. The molecule has 0 bridgehead atoms. The zero-order chi connectivity index (χ0) is 10.7. The van der Waals surface area contributed by atoms with Gasteiger partial charge in [-0.3, -0.25) is 0 Å². The number of methoxy groups -OCH3 is 1. The van der Waals surface area contributed by atoms with Crippen molar-refractivity contribution in [1.82, 2.24) is 10.6 Å². The molecule has 1 aliphatic heterocycles. The fraction of sp³-hybridized carbons (Fsp3) is 0.500. The standard InChI is InChI=1S/C12H18N2O/c1-9-7-10(15-2)3-4-11(9)12-8-13-5-6-14-12/h3-4,7,12-14H,5-6,8H2,1-2H3. The van der Waals surface area contributed by atoms with Gasteiger partial charge in [0.2, 0.25) is 0 Å². The molecule has 82 valence electrons. The Morgan fingerprint density at radius 2 is 2.20 bits per heavy atom. The highest BCUT2D eigenvalue weighted by atomic mass is 16.5. The predicted octanol–water partition coefficient (Wildman–Crippen LogP) is 1.24. The molecule has 3 nitrogen and oxygen atoms in total. The first-order valence-electron chi connectivity index (χ1n) is 5.40. The van der Waals surface area contributed by atoms with E-state index in [1.54, 1.807) is 7.11 Å². The van der Waals surface area contributed by atoms with Gasteiger partial charge in [-0.2, -0.15) is 0 Å². The van der Waals surface area contributed by atoms with Crippen molar-refractivity contribution in [2.45, 2.75) is 13.0 Å². The second-order valence-corrected chi connectivity index (χ2v) is 3.93. The molecule has 1 heterocycles. The maximum Gasteiger partial charge on any atom is 0.119 e. The highest BCUT2D eigenvalue weighted by molar-refractivity contribution is 5.37. The van der Waals surface area contributed by atoms with E-state index in [9.17, 15) is 0 Å². The third kappa shape index (κ3) is 2.30. The van der Waals surface area contributed by atoms with Gasteiger partial charge in [-0.05, 0) is 30.2 Å². The van der Waals surface area contributed by atoms with Gasteiger partial charge in [-0.1, -0.05) is 6.07 Å². The average Bonchev–Trinajstić information content (AvgIpc) is 2.30. The van der Waals surface area contributed by atoms with Crippen LogP contribution in [0.1, 0.15) is 17.2 Å². The smallest absolute Gasteiger partial charge is 0.119 e. The molecule has 2 rings (SSSR count). The zero-order valence-corrected chi connectivity index (χ0v) is 9.34. The normalized spacial score (nSPS) is 21.3. The molecule has 1 aromatic carbocycles. The Balaban J connectivity index is 2.19. The highest BCUT2D eigenvalue weighted by Crippen LogP contribution is 2.22. The summed E-state index contributed by atoms with van der Waals surface area (Å²) in [6, 6.07) is 6.70. The summed E-state index contributed by atoms with van der Waals surface area (Å²) in [4.78, 5) is 0.